The molecule has 0 aliphatic rings. The first-order chi connectivity index (χ1) is 11.6. The number of aliphatic hydroxyl groups excluding tert-OH is 1. The van der Waals surface area contributed by atoms with E-state index < -0.39 is 6.67 Å². The van der Waals surface area contributed by atoms with Crippen LogP contribution >= 0.6 is 11.6 Å². The van der Waals surface area contributed by atoms with Gasteiger partial charge in [0.05, 0.1) is 11.0 Å². The smallest absolute Gasteiger partial charge is 0.146 e. The Morgan fingerprint density at radius 3 is 2.79 bits per heavy atom. The number of fused-ring (bicyclic) bond motifs is 1. The average molecular weight is 353 g/mol. The number of benzene rings is 1. The van der Waals surface area contributed by atoms with E-state index in [1.54, 1.807) is 25.2 Å². The molecule has 0 spiro atoms. The number of aromatic nitrogens is 2. The molecule has 130 valence electrons. The Kier molecular flexibility index (Phi) is 9.49. The van der Waals surface area contributed by atoms with Crippen molar-refractivity contribution in [1.29, 1.82) is 0 Å². The number of aliphatic hydroxyl groups is 1. The Bertz CT molecular complexity index is 662. The van der Waals surface area contributed by atoms with E-state index in [1.165, 1.54) is 0 Å². The molecule has 0 saturated carbocycles. The van der Waals surface area contributed by atoms with Gasteiger partial charge in [-0.3, -0.25) is 0 Å². The van der Waals surface area contributed by atoms with E-state index in [1.807, 2.05) is 24.3 Å². The van der Waals surface area contributed by atoms with E-state index in [0.717, 1.165) is 11.0 Å². The minimum Gasteiger partial charge on any atom is -0.486 e. The molecule has 0 aliphatic carbocycles. The number of para-hydroxylation sites is 2. The predicted octanol–water partition coefficient (Wildman–Crippen LogP) is 4.28. The minimum atomic E-state index is -0.597. The SMILES string of the molecule is C=C(/C=C(\C=C/CCl)CF)OCc1nc2ccccc2[nH]1.CCO. The standard InChI is InChI=1S/C16H16ClFN2O.C2H6O/c1-12(9-13(10-18)5-4-8-17)21-11-16-19-14-6-2-3-7-15(14)20-16;1-2-3/h2-7,9H,1,8,10-11H2,(H,19,20);3H,2H2,1H3/b5-4-,13-9+;. The molecule has 0 aliphatic heterocycles. The van der Waals surface area contributed by atoms with Crippen LogP contribution in [0.3, 0.4) is 0 Å². The lowest BCUT2D eigenvalue weighted by atomic mass is 10.2. The van der Waals surface area contributed by atoms with E-state index in [4.69, 9.17) is 21.4 Å². The van der Waals surface area contributed by atoms with E-state index in [0.29, 0.717) is 23.0 Å². The number of hydrogen-bond donors (Lipinski definition) is 2. The van der Waals surface area contributed by atoms with Crippen LogP contribution in [0, 0.1) is 0 Å². The molecule has 0 bridgehead atoms. The summed E-state index contributed by atoms with van der Waals surface area (Å²) in [6.07, 6.45) is 4.83. The lowest BCUT2D eigenvalue weighted by Crippen LogP contribution is -1.94. The van der Waals surface area contributed by atoms with Crippen LogP contribution in [0.25, 0.3) is 11.0 Å². The number of rotatable bonds is 7. The van der Waals surface area contributed by atoms with Crippen molar-refractivity contribution >= 4 is 22.6 Å². The van der Waals surface area contributed by atoms with Gasteiger partial charge in [0, 0.05) is 12.5 Å². The van der Waals surface area contributed by atoms with Gasteiger partial charge in [-0.05, 0) is 30.7 Å². The van der Waals surface area contributed by atoms with Crippen LogP contribution in [-0.4, -0.2) is 34.2 Å². The van der Waals surface area contributed by atoms with Crippen LogP contribution in [-0.2, 0) is 11.3 Å². The second-order valence-electron chi connectivity index (χ2n) is 4.68. The molecular formula is C18H22ClFN2O2. The van der Waals surface area contributed by atoms with Crippen LogP contribution in [0.15, 0.2) is 60.4 Å². The quantitative estimate of drug-likeness (QED) is 0.444. The maximum atomic E-state index is 12.8. The number of nitrogens with one attached hydrogen (secondary N) is 1. The average Bonchev–Trinajstić information content (AvgIpc) is 3.00. The van der Waals surface area contributed by atoms with Crippen LogP contribution < -0.4 is 0 Å². The fourth-order valence-corrected chi connectivity index (χ4v) is 1.90. The van der Waals surface area contributed by atoms with Crippen molar-refractivity contribution < 1.29 is 14.2 Å². The number of nitrogens with zero attached hydrogens (tertiary/aromatic N) is 1. The fraction of sp³-hybridized carbons (Fsp3) is 0.278. The molecule has 1 heterocycles. The Morgan fingerprint density at radius 1 is 1.46 bits per heavy atom. The van der Waals surface area contributed by atoms with Crippen LogP contribution in [0.5, 0.6) is 0 Å². The van der Waals surface area contributed by atoms with Crippen molar-refractivity contribution in [2.75, 3.05) is 19.2 Å². The number of aromatic amines is 1. The zero-order chi connectivity index (χ0) is 17.8. The van der Waals surface area contributed by atoms with Crippen molar-refractivity contribution in [2.24, 2.45) is 0 Å². The second-order valence-corrected chi connectivity index (χ2v) is 4.99. The summed E-state index contributed by atoms with van der Waals surface area (Å²) < 4.78 is 18.2. The normalized spacial score (nSPS) is 11.4. The summed E-state index contributed by atoms with van der Waals surface area (Å²) in [4.78, 5) is 7.53. The van der Waals surface area contributed by atoms with E-state index in [9.17, 15) is 4.39 Å². The molecule has 2 rings (SSSR count). The van der Waals surface area contributed by atoms with Crippen molar-refractivity contribution in [2.45, 2.75) is 13.5 Å². The summed E-state index contributed by atoms with van der Waals surface area (Å²) in [6, 6.07) is 7.72. The summed E-state index contributed by atoms with van der Waals surface area (Å²) in [5.41, 5.74) is 2.30. The van der Waals surface area contributed by atoms with Crippen molar-refractivity contribution in [3.63, 3.8) is 0 Å². The molecule has 0 atom stereocenters. The fourth-order valence-electron chi connectivity index (χ4n) is 1.81. The van der Waals surface area contributed by atoms with Crippen LogP contribution in [0.2, 0.25) is 0 Å². The first-order valence-corrected chi connectivity index (χ1v) is 8.03. The van der Waals surface area contributed by atoms with Gasteiger partial charge >= 0.3 is 0 Å². The monoisotopic (exact) mass is 352 g/mol. The number of H-pyrrole nitrogens is 1. The Morgan fingerprint density at radius 2 is 2.17 bits per heavy atom. The first-order valence-electron chi connectivity index (χ1n) is 7.49. The second kappa shape index (κ2) is 11.4. The van der Waals surface area contributed by atoms with Crippen LogP contribution in [0.1, 0.15) is 12.7 Å². The highest BCUT2D eigenvalue weighted by molar-refractivity contribution is 6.18. The maximum Gasteiger partial charge on any atom is 0.146 e. The summed E-state index contributed by atoms with van der Waals surface area (Å²) in [5, 5.41) is 7.57. The summed E-state index contributed by atoms with van der Waals surface area (Å²) in [5.74, 6) is 1.41. The van der Waals surface area contributed by atoms with Gasteiger partial charge in [-0.1, -0.05) is 30.9 Å². The van der Waals surface area contributed by atoms with E-state index in [-0.39, 0.29) is 13.2 Å². The molecule has 0 saturated heterocycles. The molecule has 1 aromatic heterocycles. The summed E-state index contributed by atoms with van der Waals surface area (Å²) in [7, 11) is 0. The number of imidazole rings is 1. The zero-order valence-corrected chi connectivity index (χ0v) is 14.4. The summed E-state index contributed by atoms with van der Waals surface area (Å²) >= 11 is 5.52. The number of hydrogen-bond acceptors (Lipinski definition) is 3. The van der Waals surface area contributed by atoms with Gasteiger partial charge < -0.3 is 14.8 Å². The van der Waals surface area contributed by atoms with Crippen molar-refractivity contribution in [3.8, 4) is 0 Å². The predicted molar refractivity (Wildman–Crippen MR) is 96.7 cm³/mol. The van der Waals surface area contributed by atoms with Gasteiger partial charge in [-0.15, -0.1) is 11.6 Å². The molecule has 6 heteroatoms. The highest BCUT2D eigenvalue weighted by atomic mass is 35.5. The molecule has 0 fully saturated rings. The Hall–Kier alpha value is -2.11. The summed E-state index contributed by atoms with van der Waals surface area (Å²) in [6.45, 7) is 5.33. The van der Waals surface area contributed by atoms with Gasteiger partial charge in [0.25, 0.3) is 0 Å². The highest BCUT2D eigenvalue weighted by Gasteiger charge is 2.03. The molecule has 4 nitrogen and oxygen atoms in total. The van der Waals surface area contributed by atoms with E-state index in [2.05, 4.69) is 16.5 Å². The Balaban J connectivity index is 0.000000891. The molecule has 0 amide bonds. The molecular weight excluding hydrogens is 331 g/mol. The number of ether oxygens (including phenoxy) is 1. The molecule has 0 radical (unpaired) electrons. The molecule has 24 heavy (non-hydrogen) atoms. The van der Waals surface area contributed by atoms with Crippen molar-refractivity contribution in [3.05, 3.63) is 66.2 Å². The zero-order valence-electron chi connectivity index (χ0n) is 13.6. The topological polar surface area (TPSA) is 58.1 Å². The minimum absolute atomic E-state index is 0.250. The third-order valence-corrected chi connectivity index (χ3v) is 2.93. The third-order valence-electron chi connectivity index (χ3n) is 2.75. The molecule has 0 unspecified atom stereocenters. The van der Waals surface area contributed by atoms with Gasteiger partial charge in [0.1, 0.15) is 24.9 Å². The number of allylic oxidation sites excluding steroid dienone is 4. The molecule has 2 aromatic rings. The molecule has 2 N–H and O–H groups in total. The number of alkyl halides is 2. The van der Waals surface area contributed by atoms with Crippen LogP contribution in [0.4, 0.5) is 4.39 Å². The maximum absolute atomic E-state index is 12.8. The van der Waals surface area contributed by atoms with Crippen molar-refractivity contribution in [1.82, 2.24) is 9.97 Å². The first kappa shape index (κ1) is 19.9. The van der Waals surface area contributed by atoms with Gasteiger partial charge in [0.15, 0.2) is 0 Å². The lowest BCUT2D eigenvalue weighted by molar-refractivity contribution is 0.205. The third kappa shape index (κ3) is 6.98. The number of halogens is 2. The van der Waals surface area contributed by atoms with Gasteiger partial charge in [-0.25, -0.2) is 9.37 Å². The highest BCUT2D eigenvalue weighted by Crippen LogP contribution is 2.13. The molecule has 1 aromatic carbocycles. The largest absolute Gasteiger partial charge is 0.486 e. The Labute approximate surface area is 146 Å². The van der Waals surface area contributed by atoms with E-state index >= 15 is 0 Å². The van der Waals surface area contributed by atoms with Gasteiger partial charge in [-0.2, -0.15) is 0 Å². The van der Waals surface area contributed by atoms with Gasteiger partial charge in [0.2, 0.25) is 0 Å². The lowest BCUT2D eigenvalue weighted by Gasteiger charge is -2.04.